The van der Waals surface area contributed by atoms with Gasteiger partial charge in [0, 0.05) is 43.9 Å². The number of hydrogen-bond acceptors (Lipinski definition) is 9. The van der Waals surface area contributed by atoms with Crippen LogP contribution in [0.1, 0.15) is 53.4 Å². The number of thiophene rings is 1. The SMILES string of the molecule is CC(C)N1CCC(NC(=O)c2cc(C(=O)NCCOP(=O)(O)O)nn2Cc2cc(-c3ccc(Cl)s3)on2)CC1. The first-order valence-corrected chi connectivity index (χ1v) is 15.0. The van der Waals surface area contributed by atoms with Gasteiger partial charge in [0.15, 0.2) is 11.5 Å². The first-order valence-electron chi connectivity index (χ1n) is 12.3. The van der Waals surface area contributed by atoms with Crippen LogP contribution in [0.25, 0.3) is 10.6 Å². The Bertz CT molecular complexity index is 1340. The maximum atomic E-state index is 13.3. The molecule has 39 heavy (non-hydrogen) atoms. The van der Waals surface area contributed by atoms with Crippen molar-refractivity contribution in [2.45, 2.75) is 45.3 Å². The minimum Gasteiger partial charge on any atom is -0.355 e. The molecule has 0 atom stereocenters. The Kier molecular flexibility index (Phi) is 9.60. The number of nitrogens with zero attached hydrogens (tertiary/aromatic N) is 4. The molecule has 0 saturated carbocycles. The molecule has 4 rings (SSSR count). The van der Waals surface area contributed by atoms with Crippen molar-refractivity contribution in [1.82, 2.24) is 30.5 Å². The molecular formula is C23H30ClN6O7PS. The topological polar surface area (TPSA) is 172 Å². The smallest absolute Gasteiger partial charge is 0.355 e. The first kappa shape index (κ1) is 29.4. The van der Waals surface area contributed by atoms with Gasteiger partial charge in [-0.2, -0.15) is 5.10 Å². The Morgan fingerprint density at radius 1 is 1.26 bits per heavy atom. The third-order valence-electron chi connectivity index (χ3n) is 6.17. The molecule has 0 unspecified atom stereocenters. The van der Waals surface area contributed by atoms with Crippen LogP contribution in [0.15, 0.2) is 28.8 Å². The standard InChI is InChI=1S/C23H30ClN6O7PS/c1-14(2)29-8-5-15(6-9-29)26-23(32)18-12-17(22(31)25-7-10-36-38(33,34)35)27-30(18)13-16-11-19(37-28-16)20-3-4-21(24)39-20/h3-4,11-12,14-15H,5-10,13H2,1-2H3,(H,25,31)(H,26,32)(H2,33,34,35). The highest BCUT2D eigenvalue weighted by atomic mass is 35.5. The second-order valence-electron chi connectivity index (χ2n) is 9.32. The van der Waals surface area contributed by atoms with E-state index in [0.29, 0.717) is 21.8 Å². The number of hydrogen-bond donors (Lipinski definition) is 4. The third kappa shape index (κ3) is 8.21. The lowest BCUT2D eigenvalue weighted by Gasteiger charge is -2.34. The normalized spacial score (nSPS) is 15.1. The summed E-state index contributed by atoms with van der Waals surface area (Å²) in [4.78, 5) is 46.7. The van der Waals surface area contributed by atoms with Crippen LogP contribution in [0.3, 0.4) is 0 Å². The summed E-state index contributed by atoms with van der Waals surface area (Å²) in [5, 5.41) is 13.9. The van der Waals surface area contributed by atoms with Crippen molar-refractivity contribution in [1.29, 1.82) is 0 Å². The monoisotopic (exact) mass is 600 g/mol. The van der Waals surface area contributed by atoms with E-state index in [0.717, 1.165) is 30.8 Å². The molecule has 3 aromatic heterocycles. The maximum absolute atomic E-state index is 13.3. The first-order chi connectivity index (χ1) is 18.5. The molecule has 16 heteroatoms. The van der Waals surface area contributed by atoms with E-state index in [-0.39, 0.29) is 36.4 Å². The van der Waals surface area contributed by atoms with Gasteiger partial charge in [0.25, 0.3) is 11.8 Å². The van der Waals surface area contributed by atoms with Crippen molar-refractivity contribution in [2.24, 2.45) is 0 Å². The fourth-order valence-corrected chi connectivity index (χ4v) is 5.49. The number of nitrogens with one attached hydrogen (secondary N) is 2. The van der Waals surface area contributed by atoms with Crippen molar-refractivity contribution in [3.05, 3.63) is 45.7 Å². The van der Waals surface area contributed by atoms with Gasteiger partial charge in [0.1, 0.15) is 11.4 Å². The average molecular weight is 601 g/mol. The third-order valence-corrected chi connectivity index (χ3v) is 7.94. The van der Waals surface area contributed by atoms with Crippen LogP contribution in [0.4, 0.5) is 0 Å². The molecule has 0 bridgehead atoms. The molecular weight excluding hydrogens is 571 g/mol. The van der Waals surface area contributed by atoms with Gasteiger partial charge < -0.3 is 29.8 Å². The zero-order valence-corrected chi connectivity index (χ0v) is 23.8. The van der Waals surface area contributed by atoms with E-state index < -0.39 is 20.3 Å². The maximum Gasteiger partial charge on any atom is 0.469 e. The Labute approximate surface area is 233 Å². The molecule has 1 aliphatic rings. The molecule has 4 N–H and O–H groups in total. The molecule has 3 aromatic rings. The molecule has 0 radical (unpaired) electrons. The van der Waals surface area contributed by atoms with Crippen LogP contribution >= 0.6 is 30.8 Å². The predicted octanol–water partition coefficient (Wildman–Crippen LogP) is 2.74. The Morgan fingerprint density at radius 2 is 2.00 bits per heavy atom. The minimum atomic E-state index is -4.65. The van der Waals surface area contributed by atoms with Crippen molar-refractivity contribution in [2.75, 3.05) is 26.2 Å². The van der Waals surface area contributed by atoms with Crippen LogP contribution in [0.2, 0.25) is 4.34 Å². The van der Waals surface area contributed by atoms with E-state index in [1.54, 1.807) is 12.1 Å². The van der Waals surface area contributed by atoms with Gasteiger partial charge >= 0.3 is 7.82 Å². The molecule has 1 saturated heterocycles. The zero-order chi connectivity index (χ0) is 28.2. The molecule has 4 heterocycles. The van der Waals surface area contributed by atoms with Gasteiger partial charge in [-0.15, -0.1) is 11.3 Å². The summed E-state index contributed by atoms with van der Waals surface area (Å²) >= 11 is 7.36. The number of likely N-dealkylation sites (tertiary alicyclic amines) is 1. The number of phosphoric ester groups is 1. The van der Waals surface area contributed by atoms with Gasteiger partial charge in [0.2, 0.25) is 0 Å². The van der Waals surface area contributed by atoms with E-state index in [1.807, 2.05) is 6.07 Å². The van der Waals surface area contributed by atoms with E-state index in [1.165, 1.54) is 22.1 Å². The summed E-state index contributed by atoms with van der Waals surface area (Å²) in [5.41, 5.74) is 0.611. The number of aromatic nitrogens is 3. The van der Waals surface area contributed by atoms with Gasteiger partial charge in [-0.1, -0.05) is 16.8 Å². The summed E-state index contributed by atoms with van der Waals surface area (Å²) in [7, 11) is -4.65. The van der Waals surface area contributed by atoms with Gasteiger partial charge in [-0.05, 0) is 38.8 Å². The van der Waals surface area contributed by atoms with Gasteiger partial charge in [0.05, 0.1) is 22.4 Å². The minimum absolute atomic E-state index is 0.0137. The molecule has 1 fully saturated rings. The highest BCUT2D eigenvalue weighted by Crippen LogP contribution is 2.35. The lowest BCUT2D eigenvalue weighted by Crippen LogP contribution is -2.46. The second kappa shape index (κ2) is 12.7. The molecule has 2 amide bonds. The van der Waals surface area contributed by atoms with E-state index in [4.69, 9.17) is 25.9 Å². The summed E-state index contributed by atoms with van der Waals surface area (Å²) in [5.74, 6) is -0.487. The fourth-order valence-electron chi connectivity index (χ4n) is 4.17. The van der Waals surface area contributed by atoms with E-state index >= 15 is 0 Å². The average Bonchev–Trinajstić information content (AvgIpc) is 3.62. The molecule has 0 spiro atoms. The van der Waals surface area contributed by atoms with Crippen LogP contribution in [0.5, 0.6) is 0 Å². The second-order valence-corrected chi connectivity index (χ2v) is 12.3. The number of rotatable bonds is 11. The fraction of sp³-hybridized carbons (Fsp3) is 0.478. The number of carbonyl (C=O) groups excluding carboxylic acids is 2. The van der Waals surface area contributed by atoms with Crippen LogP contribution in [0, 0.1) is 0 Å². The number of amides is 2. The lowest BCUT2D eigenvalue weighted by molar-refractivity contribution is 0.0889. The quantitative estimate of drug-likeness (QED) is 0.189. The molecule has 13 nitrogen and oxygen atoms in total. The van der Waals surface area contributed by atoms with Crippen molar-refractivity contribution in [3.8, 4) is 10.6 Å². The number of halogens is 1. The highest BCUT2D eigenvalue weighted by Gasteiger charge is 2.26. The Hall–Kier alpha value is -2.58. The zero-order valence-electron chi connectivity index (χ0n) is 21.4. The number of phosphoric acid groups is 1. The number of piperidine rings is 1. The Morgan fingerprint density at radius 3 is 2.64 bits per heavy atom. The highest BCUT2D eigenvalue weighted by molar-refractivity contribution is 7.46. The number of carbonyl (C=O) groups is 2. The van der Waals surface area contributed by atoms with Crippen molar-refractivity contribution >= 4 is 42.6 Å². The Balaban J connectivity index is 1.49. The van der Waals surface area contributed by atoms with E-state index in [2.05, 4.69) is 44.2 Å². The van der Waals surface area contributed by atoms with E-state index in [9.17, 15) is 14.2 Å². The summed E-state index contributed by atoms with van der Waals surface area (Å²) in [6.07, 6.45) is 1.61. The lowest BCUT2D eigenvalue weighted by atomic mass is 10.0. The van der Waals surface area contributed by atoms with Crippen LogP contribution < -0.4 is 10.6 Å². The van der Waals surface area contributed by atoms with Crippen molar-refractivity contribution < 1.29 is 33.0 Å². The molecule has 0 aromatic carbocycles. The summed E-state index contributed by atoms with van der Waals surface area (Å²) < 4.78 is 22.6. The predicted molar refractivity (Wildman–Crippen MR) is 144 cm³/mol. The summed E-state index contributed by atoms with van der Waals surface area (Å²) in [6.45, 7) is 5.54. The molecule has 1 aliphatic heterocycles. The molecule has 0 aliphatic carbocycles. The van der Waals surface area contributed by atoms with Crippen molar-refractivity contribution in [3.63, 3.8) is 0 Å². The van der Waals surface area contributed by atoms with Crippen LogP contribution in [-0.4, -0.2) is 79.8 Å². The molecule has 212 valence electrons. The summed E-state index contributed by atoms with van der Waals surface area (Å²) in [6, 6.07) is 7.08. The van der Waals surface area contributed by atoms with Gasteiger partial charge in [-0.3, -0.25) is 18.8 Å². The van der Waals surface area contributed by atoms with Gasteiger partial charge in [-0.25, -0.2) is 4.57 Å². The largest absolute Gasteiger partial charge is 0.469 e. The van der Waals surface area contributed by atoms with Crippen LogP contribution in [-0.2, 0) is 15.6 Å².